The van der Waals surface area contributed by atoms with Crippen LogP contribution in [0.4, 0.5) is 5.69 Å². The van der Waals surface area contributed by atoms with Crippen molar-refractivity contribution >= 4 is 11.6 Å². The molecule has 0 saturated carbocycles. The fourth-order valence-electron chi connectivity index (χ4n) is 3.70. The molecule has 2 aromatic carbocycles. The number of hydrogen-bond acceptors (Lipinski definition) is 3. The van der Waals surface area contributed by atoms with Gasteiger partial charge in [-0.1, -0.05) is 49.4 Å². The maximum absolute atomic E-state index is 13.2. The van der Waals surface area contributed by atoms with Crippen LogP contribution in [0.1, 0.15) is 43.2 Å². The highest BCUT2D eigenvalue weighted by Crippen LogP contribution is 2.22. The number of anilines is 1. The van der Waals surface area contributed by atoms with Crippen molar-refractivity contribution < 1.29 is 9.53 Å². The predicted octanol–water partition coefficient (Wildman–Crippen LogP) is 4.45. The third-order valence-corrected chi connectivity index (χ3v) is 5.48. The predicted molar refractivity (Wildman–Crippen MR) is 115 cm³/mol. The summed E-state index contributed by atoms with van der Waals surface area (Å²) in [7, 11) is 4.07. The van der Waals surface area contributed by atoms with Crippen molar-refractivity contribution in [2.75, 3.05) is 32.1 Å². The molecule has 3 rings (SSSR count). The number of nitrogens with zero attached hydrogens (tertiary/aromatic N) is 2. The van der Waals surface area contributed by atoms with E-state index in [1.807, 2.05) is 37.2 Å². The van der Waals surface area contributed by atoms with Crippen LogP contribution in [0.15, 0.2) is 54.6 Å². The smallest absolute Gasteiger partial charge is 0.223 e. The van der Waals surface area contributed by atoms with Gasteiger partial charge in [0.25, 0.3) is 0 Å². The minimum absolute atomic E-state index is 0.164. The molecule has 28 heavy (non-hydrogen) atoms. The topological polar surface area (TPSA) is 32.8 Å². The Morgan fingerprint density at radius 2 is 1.82 bits per heavy atom. The molecule has 4 heteroatoms. The summed E-state index contributed by atoms with van der Waals surface area (Å²) in [5.41, 5.74) is 3.53. The van der Waals surface area contributed by atoms with Gasteiger partial charge in [0, 0.05) is 45.9 Å². The summed E-state index contributed by atoms with van der Waals surface area (Å²) in [6, 6.07) is 18.7. The molecule has 0 bridgehead atoms. The number of rotatable bonds is 8. The lowest BCUT2D eigenvalue weighted by atomic mass is 9.97. The van der Waals surface area contributed by atoms with E-state index in [0.29, 0.717) is 19.5 Å². The van der Waals surface area contributed by atoms with Gasteiger partial charge in [0.2, 0.25) is 5.91 Å². The number of amides is 1. The third kappa shape index (κ3) is 5.59. The van der Waals surface area contributed by atoms with Gasteiger partial charge in [-0.05, 0) is 42.0 Å². The Hall–Kier alpha value is -2.33. The zero-order valence-corrected chi connectivity index (χ0v) is 17.3. The van der Waals surface area contributed by atoms with E-state index in [0.717, 1.165) is 25.0 Å². The van der Waals surface area contributed by atoms with Crippen molar-refractivity contribution in [3.8, 4) is 0 Å². The SMILES string of the molecule is C[C@H](CC(=O)N(Cc1ccc(N(C)C)cc1)C[C@@H]1CCCO1)c1ccccc1. The Bertz CT molecular complexity index is 737. The molecule has 0 aliphatic carbocycles. The largest absolute Gasteiger partial charge is 0.378 e. The Kier molecular flexibility index (Phi) is 7.10. The number of carbonyl (C=O) groups is 1. The molecule has 1 amide bonds. The van der Waals surface area contributed by atoms with E-state index in [1.54, 1.807) is 0 Å². The lowest BCUT2D eigenvalue weighted by molar-refractivity contribution is -0.133. The molecule has 0 radical (unpaired) electrons. The van der Waals surface area contributed by atoms with Gasteiger partial charge in [-0.3, -0.25) is 4.79 Å². The Labute approximate surface area is 169 Å². The average Bonchev–Trinajstić information content (AvgIpc) is 3.21. The van der Waals surface area contributed by atoms with Gasteiger partial charge >= 0.3 is 0 Å². The fraction of sp³-hybridized carbons (Fsp3) is 0.458. The van der Waals surface area contributed by atoms with Crippen LogP contribution in [0.5, 0.6) is 0 Å². The minimum atomic E-state index is 0.164. The van der Waals surface area contributed by atoms with Crippen LogP contribution in [0.2, 0.25) is 0 Å². The maximum atomic E-state index is 13.2. The molecule has 1 saturated heterocycles. The molecule has 4 nitrogen and oxygen atoms in total. The molecule has 2 aromatic rings. The van der Waals surface area contributed by atoms with Gasteiger partial charge < -0.3 is 14.5 Å². The van der Waals surface area contributed by atoms with Crippen molar-refractivity contribution in [3.05, 3.63) is 65.7 Å². The van der Waals surface area contributed by atoms with Gasteiger partial charge in [0.05, 0.1) is 6.10 Å². The zero-order valence-electron chi connectivity index (χ0n) is 17.3. The molecule has 0 N–H and O–H groups in total. The Morgan fingerprint density at radius 1 is 1.11 bits per heavy atom. The lowest BCUT2D eigenvalue weighted by Crippen LogP contribution is -2.37. The van der Waals surface area contributed by atoms with E-state index < -0.39 is 0 Å². The van der Waals surface area contributed by atoms with Crippen molar-refractivity contribution in [2.24, 2.45) is 0 Å². The quantitative estimate of drug-likeness (QED) is 0.678. The molecule has 1 aliphatic heterocycles. The van der Waals surface area contributed by atoms with Crippen LogP contribution in [0.3, 0.4) is 0 Å². The molecule has 1 heterocycles. The van der Waals surface area contributed by atoms with E-state index >= 15 is 0 Å². The van der Waals surface area contributed by atoms with E-state index in [9.17, 15) is 4.79 Å². The van der Waals surface area contributed by atoms with Gasteiger partial charge in [0.15, 0.2) is 0 Å². The molecule has 0 aromatic heterocycles. The Balaban J connectivity index is 1.69. The molecule has 0 spiro atoms. The van der Waals surface area contributed by atoms with Gasteiger partial charge in [-0.25, -0.2) is 0 Å². The van der Waals surface area contributed by atoms with E-state index in [-0.39, 0.29) is 17.9 Å². The van der Waals surface area contributed by atoms with Crippen molar-refractivity contribution in [1.82, 2.24) is 4.90 Å². The molecule has 1 aliphatic rings. The number of hydrogen-bond donors (Lipinski definition) is 0. The number of carbonyl (C=O) groups excluding carboxylic acids is 1. The summed E-state index contributed by atoms with van der Waals surface area (Å²) in [6.45, 7) is 4.25. The average molecular weight is 381 g/mol. The van der Waals surface area contributed by atoms with Crippen molar-refractivity contribution in [1.29, 1.82) is 0 Å². The Morgan fingerprint density at radius 3 is 2.43 bits per heavy atom. The second kappa shape index (κ2) is 9.74. The van der Waals surface area contributed by atoms with Gasteiger partial charge in [-0.15, -0.1) is 0 Å². The highest BCUT2D eigenvalue weighted by Gasteiger charge is 2.24. The standard InChI is InChI=1S/C24H32N2O2/c1-19(21-8-5-4-6-9-21)16-24(27)26(18-23-10-7-15-28-23)17-20-11-13-22(14-12-20)25(2)3/h4-6,8-9,11-14,19,23H,7,10,15-18H2,1-3H3/t19-,23+/m1/s1. The first-order valence-electron chi connectivity index (χ1n) is 10.2. The molecule has 150 valence electrons. The monoisotopic (exact) mass is 380 g/mol. The molecular weight excluding hydrogens is 348 g/mol. The summed E-state index contributed by atoms with van der Waals surface area (Å²) in [5.74, 6) is 0.403. The summed E-state index contributed by atoms with van der Waals surface area (Å²) in [6.07, 6.45) is 2.81. The van der Waals surface area contributed by atoms with Gasteiger partial charge in [-0.2, -0.15) is 0 Å². The first-order valence-corrected chi connectivity index (χ1v) is 10.2. The molecule has 1 fully saturated rings. The van der Waals surface area contributed by atoms with E-state index in [2.05, 4.69) is 48.2 Å². The first kappa shape index (κ1) is 20.4. The second-order valence-corrected chi connectivity index (χ2v) is 7.99. The van der Waals surface area contributed by atoms with E-state index in [1.165, 1.54) is 11.3 Å². The first-order chi connectivity index (χ1) is 13.5. The van der Waals surface area contributed by atoms with Crippen LogP contribution in [0, 0.1) is 0 Å². The van der Waals surface area contributed by atoms with Crippen LogP contribution < -0.4 is 4.90 Å². The zero-order chi connectivity index (χ0) is 19.9. The van der Waals surface area contributed by atoms with Crippen LogP contribution in [-0.2, 0) is 16.1 Å². The molecule has 2 atom stereocenters. The number of ether oxygens (including phenoxy) is 1. The van der Waals surface area contributed by atoms with Crippen molar-refractivity contribution in [3.63, 3.8) is 0 Å². The van der Waals surface area contributed by atoms with Crippen LogP contribution in [-0.4, -0.2) is 44.2 Å². The van der Waals surface area contributed by atoms with Crippen LogP contribution >= 0.6 is 0 Å². The fourth-order valence-corrected chi connectivity index (χ4v) is 3.70. The molecule has 0 unspecified atom stereocenters. The summed E-state index contributed by atoms with van der Waals surface area (Å²) < 4.78 is 5.81. The second-order valence-electron chi connectivity index (χ2n) is 7.99. The normalized spacial score (nSPS) is 17.3. The summed E-state index contributed by atoms with van der Waals surface area (Å²) >= 11 is 0. The summed E-state index contributed by atoms with van der Waals surface area (Å²) in [4.78, 5) is 17.2. The highest BCUT2D eigenvalue weighted by molar-refractivity contribution is 5.77. The van der Waals surface area contributed by atoms with Crippen molar-refractivity contribution in [2.45, 2.75) is 44.8 Å². The third-order valence-electron chi connectivity index (χ3n) is 5.48. The summed E-state index contributed by atoms with van der Waals surface area (Å²) in [5, 5.41) is 0. The highest BCUT2D eigenvalue weighted by atomic mass is 16.5. The minimum Gasteiger partial charge on any atom is -0.378 e. The maximum Gasteiger partial charge on any atom is 0.223 e. The molecular formula is C24H32N2O2. The van der Waals surface area contributed by atoms with Crippen LogP contribution in [0.25, 0.3) is 0 Å². The van der Waals surface area contributed by atoms with E-state index in [4.69, 9.17) is 4.74 Å². The lowest BCUT2D eigenvalue weighted by Gasteiger charge is -2.27. The van der Waals surface area contributed by atoms with Gasteiger partial charge in [0.1, 0.15) is 0 Å². The number of benzene rings is 2.